The van der Waals surface area contributed by atoms with Gasteiger partial charge in [-0.3, -0.25) is 5.32 Å². The molecule has 1 rings (SSSR count). The molecular weight excluding hydrogens is 312 g/mol. The lowest BCUT2D eigenvalue weighted by atomic mass is 10.2. The van der Waals surface area contributed by atoms with Gasteiger partial charge in [-0.15, -0.1) is 0 Å². The Morgan fingerprint density at radius 3 is 2.53 bits per heavy atom. The van der Waals surface area contributed by atoms with Gasteiger partial charge in [0.1, 0.15) is 11.4 Å². The molecule has 0 spiro atoms. The maximum Gasteiger partial charge on any atom is 0.412 e. The highest BCUT2D eigenvalue weighted by atomic mass is 79.9. The zero-order chi connectivity index (χ0) is 13.2. The summed E-state index contributed by atoms with van der Waals surface area (Å²) in [7, 11) is 0. The van der Waals surface area contributed by atoms with Gasteiger partial charge in [0.25, 0.3) is 0 Å². The molecule has 0 saturated heterocycles. The van der Waals surface area contributed by atoms with E-state index in [1.807, 2.05) is 0 Å². The monoisotopic (exact) mass is 323 g/mol. The summed E-state index contributed by atoms with van der Waals surface area (Å²) in [5.74, 6) is -0.552. The first kappa shape index (κ1) is 14.3. The molecule has 0 aliphatic carbocycles. The lowest BCUT2D eigenvalue weighted by Gasteiger charge is -2.19. The minimum Gasteiger partial charge on any atom is -0.444 e. The van der Waals surface area contributed by atoms with Crippen LogP contribution in [0.4, 0.5) is 14.9 Å². The standard InChI is InChI=1S/C11H12BrClFNO2/c1-11(2,3)17-10(16)15-6-4-7(13)9(12)8(14)5-6/h4-5H,1-3H3,(H,15,16). The predicted octanol–water partition coefficient (Wildman–Crippen LogP) is 4.59. The van der Waals surface area contributed by atoms with Gasteiger partial charge in [-0.05, 0) is 48.8 Å². The number of rotatable bonds is 1. The second kappa shape index (κ2) is 5.23. The Kier molecular flexibility index (Phi) is 4.38. The van der Waals surface area contributed by atoms with E-state index in [2.05, 4.69) is 21.2 Å². The molecule has 1 N–H and O–H groups in total. The third kappa shape index (κ3) is 4.52. The van der Waals surface area contributed by atoms with E-state index in [1.54, 1.807) is 20.8 Å². The molecule has 0 aliphatic rings. The van der Waals surface area contributed by atoms with Gasteiger partial charge in [0, 0.05) is 5.69 Å². The molecule has 1 aromatic rings. The second-order valence-electron chi connectivity index (χ2n) is 4.38. The molecule has 0 aromatic heterocycles. The van der Waals surface area contributed by atoms with Crippen molar-refractivity contribution in [2.24, 2.45) is 0 Å². The smallest absolute Gasteiger partial charge is 0.412 e. The van der Waals surface area contributed by atoms with E-state index in [0.29, 0.717) is 0 Å². The van der Waals surface area contributed by atoms with Crippen LogP contribution in [0.5, 0.6) is 0 Å². The van der Waals surface area contributed by atoms with Crippen LogP contribution in [0, 0.1) is 5.82 Å². The van der Waals surface area contributed by atoms with E-state index < -0.39 is 17.5 Å². The number of carbonyl (C=O) groups excluding carboxylic acids is 1. The van der Waals surface area contributed by atoms with Gasteiger partial charge in [-0.25, -0.2) is 9.18 Å². The molecular formula is C11H12BrClFNO2. The van der Waals surface area contributed by atoms with Crippen molar-refractivity contribution in [1.82, 2.24) is 0 Å². The van der Waals surface area contributed by atoms with Gasteiger partial charge in [-0.1, -0.05) is 11.6 Å². The Morgan fingerprint density at radius 2 is 2.06 bits per heavy atom. The summed E-state index contributed by atoms with van der Waals surface area (Å²) in [6, 6.07) is 2.58. The maximum absolute atomic E-state index is 13.3. The fourth-order valence-corrected chi connectivity index (χ4v) is 1.49. The summed E-state index contributed by atoms with van der Waals surface area (Å²) in [6.07, 6.45) is -0.657. The van der Waals surface area contributed by atoms with Crippen LogP contribution in [0.2, 0.25) is 5.02 Å². The van der Waals surface area contributed by atoms with Gasteiger partial charge in [0.2, 0.25) is 0 Å². The largest absolute Gasteiger partial charge is 0.444 e. The minimum atomic E-state index is -0.657. The van der Waals surface area contributed by atoms with E-state index in [-0.39, 0.29) is 15.2 Å². The lowest BCUT2D eigenvalue weighted by Crippen LogP contribution is -2.27. The minimum absolute atomic E-state index is 0.161. The Balaban J connectivity index is 2.79. The van der Waals surface area contributed by atoms with Crippen molar-refractivity contribution < 1.29 is 13.9 Å². The van der Waals surface area contributed by atoms with Crippen molar-refractivity contribution in [1.29, 1.82) is 0 Å². The summed E-state index contributed by atoms with van der Waals surface area (Å²) in [4.78, 5) is 11.4. The Bertz CT molecular complexity index is 423. The van der Waals surface area contributed by atoms with Crippen LogP contribution in [0.25, 0.3) is 0 Å². The molecule has 0 aliphatic heterocycles. The summed E-state index contributed by atoms with van der Waals surface area (Å²) in [5.41, 5.74) is -0.369. The van der Waals surface area contributed by atoms with Gasteiger partial charge in [0.05, 0.1) is 9.50 Å². The molecule has 0 saturated carbocycles. The Labute approximate surface area is 112 Å². The summed E-state index contributed by atoms with van der Waals surface area (Å²) in [5, 5.41) is 2.58. The second-order valence-corrected chi connectivity index (χ2v) is 5.58. The van der Waals surface area contributed by atoms with E-state index in [9.17, 15) is 9.18 Å². The van der Waals surface area contributed by atoms with Crippen LogP contribution in [-0.4, -0.2) is 11.7 Å². The number of hydrogen-bond donors (Lipinski definition) is 1. The van der Waals surface area contributed by atoms with E-state index in [0.717, 1.165) is 6.07 Å². The van der Waals surface area contributed by atoms with Crippen LogP contribution in [0.15, 0.2) is 16.6 Å². The highest BCUT2D eigenvalue weighted by molar-refractivity contribution is 9.10. The molecule has 1 amide bonds. The number of benzene rings is 1. The topological polar surface area (TPSA) is 38.3 Å². The Morgan fingerprint density at radius 1 is 1.47 bits per heavy atom. The lowest BCUT2D eigenvalue weighted by molar-refractivity contribution is 0.0636. The van der Waals surface area contributed by atoms with Crippen LogP contribution >= 0.6 is 27.5 Å². The summed E-state index contributed by atoms with van der Waals surface area (Å²) in [6.45, 7) is 5.21. The molecule has 1 aromatic carbocycles. The fourth-order valence-electron chi connectivity index (χ4n) is 1.05. The van der Waals surface area contributed by atoms with Gasteiger partial charge in [0.15, 0.2) is 0 Å². The van der Waals surface area contributed by atoms with Crippen molar-refractivity contribution in [2.75, 3.05) is 5.32 Å². The molecule has 0 fully saturated rings. The van der Waals surface area contributed by atoms with E-state index >= 15 is 0 Å². The number of hydrogen-bond acceptors (Lipinski definition) is 2. The molecule has 0 heterocycles. The molecule has 0 radical (unpaired) electrons. The fraction of sp³-hybridized carbons (Fsp3) is 0.364. The number of amides is 1. The van der Waals surface area contributed by atoms with Gasteiger partial charge < -0.3 is 4.74 Å². The zero-order valence-corrected chi connectivity index (χ0v) is 11.9. The third-order valence-corrected chi connectivity index (χ3v) is 2.96. The van der Waals surface area contributed by atoms with Crippen molar-refractivity contribution in [3.63, 3.8) is 0 Å². The van der Waals surface area contributed by atoms with Crippen molar-refractivity contribution >= 4 is 39.3 Å². The maximum atomic E-state index is 13.3. The van der Waals surface area contributed by atoms with Crippen molar-refractivity contribution in [3.8, 4) is 0 Å². The number of carbonyl (C=O) groups is 1. The van der Waals surface area contributed by atoms with Crippen molar-refractivity contribution in [2.45, 2.75) is 26.4 Å². The van der Waals surface area contributed by atoms with E-state index in [4.69, 9.17) is 16.3 Å². The van der Waals surface area contributed by atoms with Gasteiger partial charge in [-0.2, -0.15) is 0 Å². The van der Waals surface area contributed by atoms with E-state index in [1.165, 1.54) is 6.07 Å². The summed E-state index contributed by atoms with van der Waals surface area (Å²) < 4.78 is 18.5. The number of nitrogens with one attached hydrogen (secondary N) is 1. The average Bonchev–Trinajstić information content (AvgIpc) is 2.10. The Hall–Kier alpha value is -0.810. The van der Waals surface area contributed by atoms with Crippen LogP contribution in [-0.2, 0) is 4.74 Å². The first-order valence-electron chi connectivity index (χ1n) is 4.83. The van der Waals surface area contributed by atoms with Crippen LogP contribution in [0.1, 0.15) is 20.8 Å². The number of halogens is 3. The molecule has 6 heteroatoms. The molecule has 0 atom stereocenters. The first-order chi connectivity index (χ1) is 7.69. The number of anilines is 1. The quantitative estimate of drug-likeness (QED) is 0.767. The average molecular weight is 325 g/mol. The molecule has 94 valence electrons. The highest BCUT2D eigenvalue weighted by Crippen LogP contribution is 2.29. The van der Waals surface area contributed by atoms with Crippen LogP contribution < -0.4 is 5.32 Å². The molecule has 0 unspecified atom stereocenters. The third-order valence-electron chi connectivity index (χ3n) is 1.63. The normalized spacial score (nSPS) is 11.2. The SMILES string of the molecule is CC(C)(C)OC(=O)Nc1cc(F)c(Br)c(Cl)c1. The number of ether oxygens (including phenoxy) is 1. The molecule has 17 heavy (non-hydrogen) atoms. The predicted molar refractivity (Wildman–Crippen MR) is 69.0 cm³/mol. The van der Waals surface area contributed by atoms with Crippen molar-refractivity contribution in [3.05, 3.63) is 27.4 Å². The van der Waals surface area contributed by atoms with Crippen LogP contribution in [0.3, 0.4) is 0 Å². The first-order valence-corrected chi connectivity index (χ1v) is 6.00. The highest BCUT2D eigenvalue weighted by Gasteiger charge is 2.17. The summed E-state index contributed by atoms with van der Waals surface area (Å²) >= 11 is 8.73. The molecule has 3 nitrogen and oxygen atoms in total. The molecule has 0 bridgehead atoms. The van der Waals surface area contributed by atoms with Gasteiger partial charge >= 0.3 is 6.09 Å². The zero-order valence-electron chi connectivity index (χ0n) is 9.61.